The Morgan fingerprint density at radius 2 is 1.79 bits per heavy atom. The van der Waals surface area contributed by atoms with Crippen molar-refractivity contribution in [2.24, 2.45) is 0 Å². The normalized spacial score (nSPS) is 10.9. The number of methoxy groups -OCH3 is 1. The lowest BCUT2D eigenvalue weighted by Crippen LogP contribution is -2.05. The molecule has 7 heteroatoms. The van der Waals surface area contributed by atoms with E-state index >= 15 is 0 Å². The number of Topliss-reactive ketones (excluding diaryl/α,β-unsaturated/α-hetero) is 1. The van der Waals surface area contributed by atoms with Crippen LogP contribution in [0.2, 0.25) is 5.02 Å². The molecular formula is C22H22ClNO4S. The van der Waals surface area contributed by atoms with E-state index in [2.05, 4.69) is 0 Å². The number of halogens is 1. The molecule has 0 spiro atoms. The highest BCUT2D eigenvalue weighted by Gasteiger charge is 2.18. The fourth-order valence-corrected chi connectivity index (χ4v) is 4.19. The number of carbonyl (C=O) groups excluding carboxylic acids is 2. The Morgan fingerprint density at radius 3 is 2.45 bits per heavy atom. The molecule has 3 rings (SSSR count). The zero-order valence-corrected chi connectivity index (χ0v) is 18.3. The zero-order chi connectivity index (χ0) is 21.1. The van der Waals surface area contributed by atoms with Crippen molar-refractivity contribution in [2.75, 3.05) is 12.9 Å². The summed E-state index contributed by atoms with van der Waals surface area (Å²) in [4.78, 5) is 24.4. The molecule has 2 heterocycles. The predicted octanol–water partition coefficient (Wildman–Crippen LogP) is 5.55. The van der Waals surface area contributed by atoms with Gasteiger partial charge in [0.15, 0.2) is 5.78 Å². The maximum atomic E-state index is 12.8. The van der Waals surface area contributed by atoms with Gasteiger partial charge in [-0.25, -0.2) is 4.79 Å². The summed E-state index contributed by atoms with van der Waals surface area (Å²) in [6.07, 6.45) is 0. The van der Waals surface area contributed by atoms with E-state index in [0.717, 1.165) is 17.1 Å². The third kappa shape index (κ3) is 4.60. The molecule has 0 N–H and O–H groups in total. The highest BCUT2D eigenvalue weighted by atomic mass is 35.5. The maximum Gasteiger partial charge on any atom is 0.341 e. The van der Waals surface area contributed by atoms with E-state index in [-0.39, 0.29) is 5.78 Å². The number of benzene rings is 1. The number of nitrogens with zero attached hydrogens (tertiary/aromatic N) is 1. The minimum absolute atomic E-state index is 0.0554. The molecule has 0 atom stereocenters. The summed E-state index contributed by atoms with van der Waals surface area (Å²) in [6, 6.07) is 11.1. The molecule has 1 aromatic carbocycles. The van der Waals surface area contributed by atoms with E-state index in [1.807, 2.05) is 48.7 Å². The minimum Gasteiger partial charge on any atom is -0.465 e. The van der Waals surface area contributed by atoms with Gasteiger partial charge in [0.05, 0.1) is 18.6 Å². The Hall–Kier alpha value is -2.44. The first-order valence-corrected chi connectivity index (χ1v) is 10.6. The summed E-state index contributed by atoms with van der Waals surface area (Å²) >= 11 is 7.43. The van der Waals surface area contributed by atoms with E-state index in [1.165, 1.54) is 18.9 Å². The lowest BCUT2D eigenvalue weighted by atomic mass is 10.2. The van der Waals surface area contributed by atoms with Crippen LogP contribution in [0, 0.1) is 20.8 Å². The predicted molar refractivity (Wildman–Crippen MR) is 116 cm³/mol. The van der Waals surface area contributed by atoms with E-state index in [1.54, 1.807) is 13.0 Å². The monoisotopic (exact) mass is 431 g/mol. The summed E-state index contributed by atoms with van der Waals surface area (Å²) in [5.41, 5.74) is 3.98. The molecular weight excluding hydrogens is 410 g/mol. The van der Waals surface area contributed by atoms with Crippen LogP contribution < -0.4 is 0 Å². The van der Waals surface area contributed by atoms with Crippen LogP contribution >= 0.6 is 23.4 Å². The molecule has 0 bridgehead atoms. The van der Waals surface area contributed by atoms with Crippen LogP contribution in [0.4, 0.5) is 0 Å². The lowest BCUT2D eigenvalue weighted by molar-refractivity contribution is 0.0598. The molecule has 0 unspecified atom stereocenters. The van der Waals surface area contributed by atoms with Crippen molar-refractivity contribution in [3.8, 4) is 5.69 Å². The van der Waals surface area contributed by atoms with Gasteiger partial charge in [0.25, 0.3) is 0 Å². The number of ketones is 1. The molecule has 0 fully saturated rings. The minimum atomic E-state index is -0.423. The molecule has 152 valence electrons. The number of aryl methyl sites for hydroxylation is 2. The molecule has 2 aromatic heterocycles. The van der Waals surface area contributed by atoms with Gasteiger partial charge in [-0.1, -0.05) is 11.6 Å². The highest BCUT2D eigenvalue weighted by Crippen LogP contribution is 2.25. The van der Waals surface area contributed by atoms with Gasteiger partial charge >= 0.3 is 5.97 Å². The first-order chi connectivity index (χ1) is 13.8. The number of thioether (sulfide) groups is 1. The largest absolute Gasteiger partial charge is 0.465 e. The van der Waals surface area contributed by atoms with Crippen molar-refractivity contribution in [3.63, 3.8) is 0 Å². The van der Waals surface area contributed by atoms with Crippen LogP contribution in [0.5, 0.6) is 0 Å². The summed E-state index contributed by atoms with van der Waals surface area (Å²) in [7, 11) is 1.34. The molecule has 5 nitrogen and oxygen atoms in total. The van der Waals surface area contributed by atoms with Crippen molar-refractivity contribution < 1.29 is 18.7 Å². The van der Waals surface area contributed by atoms with Gasteiger partial charge in [-0.3, -0.25) is 4.79 Å². The SMILES string of the molecule is COC(=O)c1cc(CSCC(=O)c2cc(C)n(-c3ccc(Cl)cc3)c2C)oc1C. The summed E-state index contributed by atoms with van der Waals surface area (Å²) in [5.74, 6) is 1.61. The second-order valence-electron chi connectivity index (χ2n) is 6.69. The molecule has 29 heavy (non-hydrogen) atoms. The fraction of sp³-hybridized carbons (Fsp3) is 0.273. The first kappa shape index (κ1) is 21.3. The number of aromatic nitrogens is 1. The second kappa shape index (κ2) is 8.93. The number of esters is 1. The number of furan rings is 1. The van der Waals surface area contributed by atoms with Gasteiger partial charge < -0.3 is 13.7 Å². The van der Waals surface area contributed by atoms with E-state index in [0.29, 0.717) is 39.2 Å². The van der Waals surface area contributed by atoms with Crippen molar-refractivity contribution in [1.82, 2.24) is 4.57 Å². The summed E-state index contributed by atoms with van der Waals surface area (Å²) in [5, 5.41) is 0.674. The van der Waals surface area contributed by atoms with Crippen molar-refractivity contribution in [1.29, 1.82) is 0 Å². The summed E-state index contributed by atoms with van der Waals surface area (Å²) in [6.45, 7) is 5.64. The van der Waals surface area contributed by atoms with Gasteiger partial charge in [0, 0.05) is 27.7 Å². The number of hydrogen-bond donors (Lipinski definition) is 0. The number of carbonyl (C=O) groups is 2. The fourth-order valence-electron chi connectivity index (χ4n) is 3.28. The van der Waals surface area contributed by atoms with Crippen LogP contribution in [0.3, 0.4) is 0 Å². The highest BCUT2D eigenvalue weighted by molar-refractivity contribution is 7.99. The molecule has 3 aromatic rings. The smallest absolute Gasteiger partial charge is 0.341 e. The zero-order valence-electron chi connectivity index (χ0n) is 16.7. The van der Waals surface area contributed by atoms with Gasteiger partial charge in [-0.2, -0.15) is 0 Å². The van der Waals surface area contributed by atoms with Gasteiger partial charge in [0.2, 0.25) is 0 Å². The van der Waals surface area contributed by atoms with Crippen LogP contribution in [0.25, 0.3) is 5.69 Å². The molecule has 0 aliphatic heterocycles. The van der Waals surface area contributed by atoms with Gasteiger partial charge in [-0.05, 0) is 57.2 Å². The standard InChI is InChI=1S/C22H22ClNO4S/c1-13-9-19(14(2)24(13)17-7-5-16(23)6-8-17)21(25)12-29-11-18-10-20(15(3)28-18)22(26)27-4/h5-10H,11-12H2,1-4H3. The van der Waals surface area contributed by atoms with Crippen LogP contribution in [-0.2, 0) is 10.5 Å². The molecule has 0 radical (unpaired) electrons. The van der Waals surface area contributed by atoms with Crippen molar-refractivity contribution in [2.45, 2.75) is 26.5 Å². The second-order valence-corrected chi connectivity index (χ2v) is 8.11. The number of ether oxygens (including phenoxy) is 1. The van der Waals surface area contributed by atoms with Crippen LogP contribution in [-0.4, -0.2) is 29.2 Å². The molecule has 0 aliphatic carbocycles. The number of hydrogen-bond acceptors (Lipinski definition) is 5. The Balaban J connectivity index is 1.68. The van der Waals surface area contributed by atoms with Gasteiger partial charge in [0.1, 0.15) is 17.1 Å². The third-order valence-electron chi connectivity index (χ3n) is 4.67. The Kier molecular flexibility index (Phi) is 6.55. The van der Waals surface area contributed by atoms with E-state index in [4.69, 9.17) is 20.8 Å². The lowest BCUT2D eigenvalue weighted by Gasteiger charge is -2.10. The van der Waals surface area contributed by atoms with E-state index < -0.39 is 5.97 Å². The molecule has 0 aliphatic rings. The first-order valence-electron chi connectivity index (χ1n) is 9.05. The number of rotatable bonds is 7. The average Bonchev–Trinajstić information content (AvgIpc) is 3.21. The quantitative estimate of drug-likeness (QED) is 0.362. The van der Waals surface area contributed by atoms with Gasteiger partial charge in [-0.15, -0.1) is 11.8 Å². The Labute approximate surface area is 179 Å². The molecule has 0 amide bonds. The maximum absolute atomic E-state index is 12.8. The topological polar surface area (TPSA) is 61.4 Å². The van der Waals surface area contributed by atoms with Crippen LogP contribution in [0.1, 0.15) is 43.6 Å². The summed E-state index contributed by atoms with van der Waals surface area (Å²) < 4.78 is 12.4. The van der Waals surface area contributed by atoms with Crippen molar-refractivity contribution >= 4 is 35.1 Å². The Morgan fingerprint density at radius 1 is 1.10 bits per heavy atom. The average molecular weight is 432 g/mol. The molecule has 0 saturated heterocycles. The van der Waals surface area contributed by atoms with E-state index in [9.17, 15) is 9.59 Å². The van der Waals surface area contributed by atoms with Crippen LogP contribution in [0.15, 0.2) is 40.8 Å². The molecule has 0 saturated carbocycles. The Bertz CT molecular complexity index is 1050. The van der Waals surface area contributed by atoms with Crippen molar-refractivity contribution in [3.05, 3.63) is 75.5 Å². The third-order valence-corrected chi connectivity index (χ3v) is 5.87.